The summed E-state index contributed by atoms with van der Waals surface area (Å²) in [6.45, 7) is 3.42. The Labute approximate surface area is 167 Å². The Morgan fingerprint density at radius 2 is 1.55 bits per heavy atom. The van der Waals surface area contributed by atoms with E-state index in [9.17, 15) is 22.0 Å². The minimum absolute atomic E-state index is 0.0529. The van der Waals surface area contributed by atoms with Crippen LogP contribution in [0.4, 0.5) is 20.2 Å². The minimum atomic E-state index is -3.98. The van der Waals surface area contributed by atoms with Gasteiger partial charge in [-0.3, -0.25) is 9.52 Å². The fourth-order valence-corrected chi connectivity index (χ4v) is 4.07. The van der Waals surface area contributed by atoms with E-state index in [4.69, 9.17) is 0 Å². The first-order valence-electron chi connectivity index (χ1n) is 8.63. The number of halogens is 2. The highest BCUT2D eigenvalue weighted by molar-refractivity contribution is 7.92. The summed E-state index contributed by atoms with van der Waals surface area (Å²) in [5.41, 5.74) is 1.02. The van der Waals surface area contributed by atoms with Crippen molar-refractivity contribution in [2.45, 2.75) is 18.7 Å². The van der Waals surface area contributed by atoms with Gasteiger partial charge in [0.15, 0.2) is 0 Å². The van der Waals surface area contributed by atoms with Crippen molar-refractivity contribution in [2.24, 2.45) is 0 Å². The van der Waals surface area contributed by atoms with Crippen LogP contribution in [0.5, 0.6) is 0 Å². The number of nitrogens with one attached hydrogen (secondary N) is 2. The minimum Gasteiger partial charge on any atom is -0.317 e. The van der Waals surface area contributed by atoms with Crippen LogP contribution in [0.1, 0.15) is 21.5 Å². The Morgan fingerprint density at radius 1 is 0.897 bits per heavy atom. The van der Waals surface area contributed by atoms with Crippen LogP contribution < -0.4 is 10.0 Å². The van der Waals surface area contributed by atoms with Gasteiger partial charge in [-0.1, -0.05) is 24.3 Å². The van der Waals surface area contributed by atoms with Gasteiger partial charge in [0, 0.05) is 11.3 Å². The lowest BCUT2D eigenvalue weighted by Crippen LogP contribution is -2.18. The van der Waals surface area contributed by atoms with Gasteiger partial charge in [-0.2, -0.15) is 0 Å². The van der Waals surface area contributed by atoms with Crippen LogP contribution in [0.2, 0.25) is 0 Å². The van der Waals surface area contributed by atoms with Gasteiger partial charge in [0.25, 0.3) is 15.9 Å². The van der Waals surface area contributed by atoms with Crippen LogP contribution in [-0.2, 0) is 10.0 Å². The van der Waals surface area contributed by atoms with Crippen LogP contribution in [-0.4, -0.2) is 14.3 Å². The highest BCUT2D eigenvalue weighted by Crippen LogP contribution is 2.23. The summed E-state index contributed by atoms with van der Waals surface area (Å²) in [6, 6.07) is 14.0. The van der Waals surface area contributed by atoms with Gasteiger partial charge in [-0.25, -0.2) is 17.2 Å². The normalized spacial score (nSPS) is 11.2. The molecule has 3 aromatic rings. The zero-order chi connectivity index (χ0) is 21.2. The number of hydrogen-bond donors (Lipinski definition) is 2. The maximum atomic E-state index is 13.8. The molecule has 150 valence electrons. The van der Waals surface area contributed by atoms with E-state index < -0.39 is 33.3 Å². The number of hydrogen-bond acceptors (Lipinski definition) is 3. The Bertz CT molecular complexity index is 1170. The van der Waals surface area contributed by atoms with E-state index in [0.717, 1.165) is 17.7 Å². The number of carbonyl (C=O) groups is 1. The Balaban J connectivity index is 1.92. The Hall–Kier alpha value is -3.26. The summed E-state index contributed by atoms with van der Waals surface area (Å²) in [5.74, 6) is -2.69. The number of rotatable bonds is 5. The first-order chi connectivity index (χ1) is 13.7. The molecule has 5 nitrogen and oxygen atoms in total. The number of aryl methyl sites for hydroxylation is 2. The number of para-hydroxylation sites is 1. The fourth-order valence-electron chi connectivity index (χ4n) is 2.75. The molecule has 0 aromatic heterocycles. The smallest absolute Gasteiger partial charge is 0.262 e. The van der Waals surface area contributed by atoms with Gasteiger partial charge >= 0.3 is 0 Å². The molecular formula is C21H18F2N2O3S. The molecule has 0 aliphatic heterocycles. The molecule has 1 amide bonds. The quantitative estimate of drug-likeness (QED) is 0.637. The Kier molecular flexibility index (Phi) is 5.65. The van der Waals surface area contributed by atoms with Crippen molar-refractivity contribution in [1.82, 2.24) is 0 Å². The van der Waals surface area contributed by atoms with Crippen molar-refractivity contribution < 1.29 is 22.0 Å². The number of benzene rings is 3. The lowest BCUT2D eigenvalue weighted by atomic mass is 10.1. The predicted molar refractivity (Wildman–Crippen MR) is 107 cm³/mol. The molecule has 0 atom stereocenters. The van der Waals surface area contributed by atoms with E-state index in [1.54, 1.807) is 25.1 Å². The van der Waals surface area contributed by atoms with Crippen molar-refractivity contribution in [2.75, 3.05) is 10.0 Å². The molecule has 0 fully saturated rings. The molecule has 8 heteroatoms. The van der Waals surface area contributed by atoms with E-state index in [1.165, 1.54) is 24.3 Å². The van der Waals surface area contributed by atoms with Gasteiger partial charge in [0.2, 0.25) is 0 Å². The zero-order valence-corrected chi connectivity index (χ0v) is 16.5. The fraction of sp³-hybridized carbons (Fsp3) is 0.0952. The molecule has 0 spiro atoms. The largest absolute Gasteiger partial charge is 0.317 e. The second kappa shape index (κ2) is 8.00. The van der Waals surface area contributed by atoms with E-state index in [-0.39, 0.29) is 10.5 Å². The van der Waals surface area contributed by atoms with Gasteiger partial charge < -0.3 is 5.32 Å². The van der Waals surface area contributed by atoms with Gasteiger partial charge in [0.05, 0.1) is 4.90 Å². The molecule has 2 N–H and O–H groups in total. The second-order valence-electron chi connectivity index (χ2n) is 6.51. The molecule has 0 aliphatic rings. The lowest BCUT2D eigenvalue weighted by Gasteiger charge is -2.13. The first-order valence-corrected chi connectivity index (χ1v) is 10.1. The number of sulfonamides is 1. The van der Waals surface area contributed by atoms with Crippen LogP contribution in [0, 0.1) is 25.5 Å². The number of carbonyl (C=O) groups excluding carboxylic acids is 1. The summed E-state index contributed by atoms with van der Waals surface area (Å²) in [5, 5.41) is 2.15. The van der Waals surface area contributed by atoms with Crippen LogP contribution in [0.3, 0.4) is 0 Å². The molecule has 0 saturated heterocycles. The van der Waals surface area contributed by atoms with Crippen LogP contribution in [0.25, 0.3) is 0 Å². The molecule has 0 aliphatic carbocycles. The first kappa shape index (κ1) is 20.5. The third-order valence-electron chi connectivity index (χ3n) is 4.21. The van der Waals surface area contributed by atoms with E-state index in [2.05, 4.69) is 10.0 Å². The summed E-state index contributed by atoms with van der Waals surface area (Å²) in [6.07, 6.45) is 0. The second-order valence-corrected chi connectivity index (χ2v) is 8.16. The molecule has 0 saturated carbocycles. The molecule has 0 bridgehead atoms. The van der Waals surface area contributed by atoms with Crippen molar-refractivity contribution >= 4 is 27.3 Å². The van der Waals surface area contributed by atoms with E-state index in [1.807, 2.05) is 13.0 Å². The van der Waals surface area contributed by atoms with Crippen LogP contribution >= 0.6 is 0 Å². The summed E-state index contributed by atoms with van der Waals surface area (Å²) in [4.78, 5) is 12.3. The maximum absolute atomic E-state index is 13.8. The molecular weight excluding hydrogens is 398 g/mol. The van der Waals surface area contributed by atoms with Crippen molar-refractivity contribution in [3.05, 3.63) is 89.0 Å². The van der Waals surface area contributed by atoms with Crippen molar-refractivity contribution in [1.29, 1.82) is 0 Å². The van der Waals surface area contributed by atoms with Crippen molar-refractivity contribution in [3.63, 3.8) is 0 Å². The number of amides is 1. The standard InChI is InChI=1S/C21H18F2N2O3S/c1-13-5-3-6-16(11-13)25-29(27,28)19-12-15(10-9-14(19)2)21(26)24-20-17(22)7-4-8-18(20)23/h3-12,25H,1-2H3,(H,24,26). The highest BCUT2D eigenvalue weighted by Gasteiger charge is 2.20. The zero-order valence-electron chi connectivity index (χ0n) is 15.7. The molecule has 0 unspecified atom stereocenters. The summed E-state index contributed by atoms with van der Waals surface area (Å²) >= 11 is 0. The number of anilines is 2. The third-order valence-corrected chi connectivity index (χ3v) is 5.73. The third kappa shape index (κ3) is 4.60. The lowest BCUT2D eigenvalue weighted by molar-refractivity contribution is 0.102. The average molecular weight is 416 g/mol. The SMILES string of the molecule is Cc1cccc(NS(=O)(=O)c2cc(C(=O)Nc3c(F)cccc3F)ccc2C)c1. The monoisotopic (exact) mass is 416 g/mol. The van der Waals surface area contributed by atoms with Gasteiger partial charge in [-0.15, -0.1) is 0 Å². The predicted octanol–water partition coefficient (Wildman–Crippen LogP) is 4.63. The average Bonchev–Trinajstić information content (AvgIpc) is 2.64. The topological polar surface area (TPSA) is 75.3 Å². The maximum Gasteiger partial charge on any atom is 0.262 e. The molecule has 3 rings (SSSR count). The molecule has 3 aromatic carbocycles. The Morgan fingerprint density at radius 3 is 2.21 bits per heavy atom. The van der Waals surface area contributed by atoms with Crippen molar-refractivity contribution in [3.8, 4) is 0 Å². The van der Waals surface area contributed by atoms with E-state index in [0.29, 0.717) is 11.3 Å². The summed E-state index contributed by atoms with van der Waals surface area (Å²) < 4.78 is 55.6. The van der Waals surface area contributed by atoms with E-state index >= 15 is 0 Å². The van der Waals surface area contributed by atoms with Crippen LogP contribution in [0.15, 0.2) is 65.6 Å². The van der Waals surface area contributed by atoms with Gasteiger partial charge in [0.1, 0.15) is 17.3 Å². The van der Waals surface area contributed by atoms with Gasteiger partial charge in [-0.05, 0) is 61.4 Å². The highest BCUT2D eigenvalue weighted by atomic mass is 32.2. The molecule has 0 radical (unpaired) electrons. The molecule has 29 heavy (non-hydrogen) atoms. The molecule has 0 heterocycles. The summed E-state index contributed by atoms with van der Waals surface area (Å²) in [7, 11) is -3.98.